The molecule has 2 heterocycles. The van der Waals surface area contributed by atoms with Gasteiger partial charge in [0.15, 0.2) is 0 Å². The van der Waals surface area contributed by atoms with Gasteiger partial charge in [0.2, 0.25) is 0 Å². The molecule has 3 N–H and O–H groups in total. The summed E-state index contributed by atoms with van der Waals surface area (Å²) in [5.74, 6) is 0.581. The summed E-state index contributed by atoms with van der Waals surface area (Å²) in [6.45, 7) is 0.839. The number of aromatic nitrogens is 2. The Labute approximate surface area is 127 Å². The first-order valence-electron chi connectivity index (χ1n) is 6.78. The molecule has 0 atom stereocenters. The van der Waals surface area contributed by atoms with Crippen molar-refractivity contribution in [1.29, 1.82) is 0 Å². The number of pyridine rings is 1. The Bertz CT molecular complexity index is 695. The molecule has 2 aromatic heterocycles. The number of benzene rings is 1. The Morgan fingerprint density at radius 3 is 2.57 bits per heavy atom. The standard InChI is InChI=1S/C16H16N4S/c17-15-14(13-4-2-1-3-5-13)16(21-20-15)19-11-8-12-6-9-18-10-7-12/h1-7,9-10,19H,8,11H2,(H2,17,20). The van der Waals surface area contributed by atoms with Gasteiger partial charge in [-0.25, -0.2) is 0 Å². The van der Waals surface area contributed by atoms with Crippen LogP contribution < -0.4 is 11.1 Å². The quantitative estimate of drug-likeness (QED) is 0.757. The molecule has 0 aliphatic rings. The van der Waals surface area contributed by atoms with E-state index in [0.29, 0.717) is 5.82 Å². The second-order valence-corrected chi connectivity index (χ2v) is 5.44. The number of hydrogen-bond acceptors (Lipinski definition) is 5. The highest BCUT2D eigenvalue weighted by Gasteiger charge is 2.12. The van der Waals surface area contributed by atoms with E-state index in [1.165, 1.54) is 17.1 Å². The lowest BCUT2D eigenvalue weighted by molar-refractivity contribution is 1.02. The van der Waals surface area contributed by atoms with Crippen molar-refractivity contribution in [3.63, 3.8) is 0 Å². The van der Waals surface area contributed by atoms with Crippen molar-refractivity contribution in [2.24, 2.45) is 0 Å². The average molecular weight is 296 g/mol. The fourth-order valence-corrected chi connectivity index (χ4v) is 2.94. The largest absolute Gasteiger partial charge is 0.382 e. The molecule has 0 aliphatic heterocycles. The van der Waals surface area contributed by atoms with E-state index in [2.05, 4.69) is 14.7 Å². The molecule has 106 valence electrons. The average Bonchev–Trinajstić information content (AvgIpc) is 2.90. The first-order valence-corrected chi connectivity index (χ1v) is 7.55. The summed E-state index contributed by atoms with van der Waals surface area (Å²) in [4.78, 5) is 4.02. The van der Waals surface area contributed by atoms with E-state index in [0.717, 1.165) is 29.1 Å². The van der Waals surface area contributed by atoms with Crippen LogP contribution in [0.25, 0.3) is 11.1 Å². The maximum absolute atomic E-state index is 6.01. The number of nitrogens with one attached hydrogen (secondary N) is 1. The zero-order valence-corrected chi connectivity index (χ0v) is 12.3. The molecule has 0 unspecified atom stereocenters. The molecule has 0 saturated heterocycles. The van der Waals surface area contributed by atoms with Gasteiger partial charge in [-0.1, -0.05) is 30.3 Å². The van der Waals surface area contributed by atoms with Crippen LogP contribution in [0.1, 0.15) is 5.56 Å². The summed E-state index contributed by atoms with van der Waals surface area (Å²) in [7, 11) is 0. The molecule has 21 heavy (non-hydrogen) atoms. The van der Waals surface area contributed by atoms with Crippen molar-refractivity contribution >= 4 is 22.4 Å². The van der Waals surface area contributed by atoms with Crippen LogP contribution in [0.2, 0.25) is 0 Å². The summed E-state index contributed by atoms with van der Waals surface area (Å²) >= 11 is 1.41. The molecule has 4 nitrogen and oxygen atoms in total. The second-order valence-electron chi connectivity index (χ2n) is 4.67. The minimum absolute atomic E-state index is 0.581. The number of anilines is 2. The van der Waals surface area contributed by atoms with Crippen molar-refractivity contribution in [2.75, 3.05) is 17.6 Å². The number of rotatable bonds is 5. The van der Waals surface area contributed by atoms with E-state index in [9.17, 15) is 0 Å². The normalized spacial score (nSPS) is 10.5. The molecule has 1 aromatic carbocycles. The minimum atomic E-state index is 0.581. The lowest BCUT2D eigenvalue weighted by atomic mass is 10.1. The highest BCUT2D eigenvalue weighted by molar-refractivity contribution is 7.11. The smallest absolute Gasteiger partial charge is 0.147 e. The fourth-order valence-electron chi connectivity index (χ4n) is 2.18. The van der Waals surface area contributed by atoms with E-state index < -0.39 is 0 Å². The third kappa shape index (κ3) is 3.20. The summed E-state index contributed by atoms with van der Waals surface area (Å²) < 4.78 is 4.27. The van der Waals surface area contributed by atoms with Crippen LogP contribution in [0.3, 0.4) is 0 Å². The van der Waals surface area contributed by atoms with Crippen molar-refractivity contribution in [3.8, 4) is 11.1 Å². The molecule has 0 bridgehead atoms. The Kier molecular flexibility index (Phi) is 4.12. The van der Waals surface area contributed by atoms with E-state index in [1.807, 2.05) is 54.9 Å². The van der Waals surface area contributed by atoms with Gasteiger partial charge in [0, 0.05) is 18.9 Å². The maximum Gasteiger partial charge on any atom is 0.147 e. The third-order valence-corrected chi connectivity index (χ3v) is 4.05. The number of nitrogens with zero attached hydrogens (tertiary/aromatic N) is 2. The van der Waals surface area contributed by atoms with Crippen LogP contribution >= 0.6 is 11.5 Å². The van der Waals surface area contributed by atoms with Gasteiger partial charge in [-0.2, -0.15) is 4.37 Å². The molecule has 0 spiro atoms. The zero-order chi connectivity index (χ0) is 14.5. The van der Waals surface area contributed by atoms with Gasteiger partial charge in [0.1, 0.15) is 10.8 Å². The van der Waals surface area contributed by atoms with Gasteiger partial charge in [0.25, 0.3) is 0 Å². The van der Waals surface area contributed by atoms with Gasteiger partial charge in [-0.3, -0.25) is 4.98 Å². The number of nitrogens with two attached hydrogens (primary N) is 1. The van der Waals surface area contributed by atoms with Crippen LogP contribution in [-0.4, -0.2) is 15.9 Å². The molecule has 0 radical (unpaired) electrons. The lowest BCUT2D eigenvalue weighted by Gasteiger charge is -2.07. The Morgan fingerprint density at radius 1 is 1.05 bits per heavy atom. The highest BCUT2D eigenvalue weighted by Crippen LogP contribution is 2.36. The van der Waals surface area contributed by atoms with Crippen LogP contribution in [0.5, 0.6) is 0 Å². The SMILES string of the molecule is Nc1nsc(NCCc2ccncc2)c1-c1ccccc1. The fraction of sp³-hybridized carbons (Fsp3) is 0.125. The van der Waals surface area contributed by atoms with Crippen LogP contribution in [0.4, 0.5) is 10.8 Å². The third-order valence-electron chi connectivity index (χ3n) is 3.23. The summed E-state index contributed by atoms with van der Waals surface area (Å²) in [5, 5.41) is 4.46. The first kappa shape index (κ1) is 13.6. The second kappa shape index (κ2) is 6.37. The summed E-state index contributed by atoms with van der Waals surface area (Å²) in [6, 6.07) is 14.2. The van der Waals surface area contributed by atoms with Crippen molar-refractivity contribution in [1.82, 2.24) is 9.36 Å². The Balaban J connectivity index is 1.72. The van der Waals surface area contributed by atoms with Crippen LogP contribution in [0.15, 0.2) is 54.9 Å². The topological polar surface area (TPSA) is 63.8 Å². The van der Waals surface area contributed by atoms with Gasteiger partial charge >= 0.3 is 0 Å². The molecular formula is C16H16N4S. The number of nitrogen functional groups attached to an aromatic ring is 1. The van der Waals surface area contributed by atoms with Gasteiger partial charge in [-0.05, 0) is 41.2 Å². The molecular weight excluding hydrogens is 280 g/mol. The Hall–Kier alpha value is -2.40. The Morgan fingerprint density at radius 2 is 1.81 bits per heavy atom. The molecule has 0 saturated carbocycles. The molecule has 0 aliphatic carbocycles. The molecule has 5 heteroatoms. The van der Waals surface area contributed by atoms with Crippen molar-refractivity contribution in [2.45, 2.75) is 6.42 Å². The van der Waals surface area contributed by atoms with Crippen LogP contribution in [-0.2, 0) is 6.42 Å². The molecule has 3 aromatic rings. The molecule has 3 rings (SSSR count). The van der Waals surface area contributed by atoms with Gasteiger partial charge in [-0.15, -0.1) is 0 Å². The minimum Gasteiger partial charge on any atom is -0.382 e. The van der Waals surface area contributed by atoms with Crippen LogP contribution in [0, 0.1) is 0 Å². The monoisotopic (exact) mass is 296 g/mol. The zero-order valence-electron chi connectivity index (χ0n) is 11.5. The van der Waals surface area contributed by atoms with E-state index >= 15 is 0 Å². The van der Waals surface area contributed by atoms with Gasteiger partial charge < -0.3 is 11.1 Å². The van der Waals surface area contributed by atoms with E-state index in [4.69, 9.17) is 5.73 Å². The first-order chi connectivity index (χ1) is 10.3. The summed E-state index contributed by atoms with van der Waals surface area (Å²) in [6.07, 6.45) is 4.57. The highest BCUT2D eigenvalue weighted by atomic mass is 32.1. The molecule has 0 amide bonds. The molecule has 0 fully saturated rings. The maximum atomic E-state index is 6.01. The number of hydrogen-bond donors (Lipinski definition) is 2. The van der Waals surface area contributed by atoms with Gasteiger partial charge in [0.05, 0.1) is 5.56 Å². The van der Waals surface area contributed by atoms with Crippen molar-refractivity contribution in [3.05, 3.63) is 60.4 Å². The lowest BCUT2D eigenvalue weighted by Crippen LogP contribution is -2.04. The van der Waals surface area contributed by atoms with E-state index in [1.54, 1.807) is 0 Å². The predicted octanol–water partition coefficient (Wildman–Crippen LogP) is 3.44. The summed E-state index contributed by atoms with van der Waals surface area (Å²) in [5.41, 5.74) is 9.36. The van der Waals surface area contributed by atoms with E-state index in [-0.39, 0.29) is 0 Å². The van der Waals surface area contributed by atoms with Crippen molar-refractivity contribution < 1.29 is 0 Å². The predicted molar refractivity (Wildman–Crippen MR) is 88.4 cm³/mol.